The molecule has 6 amide bonds. The Kier molecular flexibility index (Phi) is 15.4. The third-order valence-corrected chi connectivity index (χ3v) is 11.8. The number of carbonyl (C=O) groups excluding carboxylic acids is 6. The highest BCUT2D eigenvalue weighted by molar-refractivity contribution is 9.10. The van der Waals surface area contributed by atoms with Crippen LogP contribution in [0.25, 0.3) is 0 Å². The van der Waals surface area contributed by atoms with Crippen molar-refractivity contribution >= 4 is 124 Å². The lowest BCUT2D eigenvalue weighted by Crippen LogP contribution is -2.41. The molecule has 4 N–H and O–H groups in total. The number of amides is 6. The van der Waals surface area contributed by atoms with Crippen LogP contribution in [0.15, 0.2) is 67.3 Å². The molecule has 2 heterocycles. The largest absolute Gasteiger partial charge is 0.293 e. The first-order valence-corrected chi connectivity index (χ1v) is 19.5. The van der Waals surface area contributed by atoms with Crippen molar-refractivity contribution < 1.29 is 28.8 Å². The average Bonchev–Trinajstić information content (AvgIpc) is 3.54. The Morgan fingerprint density at radius 1 is 0.580 bits per heavy atom. The number of rotatable bonds is 14. The summed E-state index contributed by atoms with van der Waals surface area (Å²) in [4.78, 5) is 78.7. The molecule has 12 nitrogen and oxygen atoms in total. The lowest BCUT2D eigenvalue weighted by molar-refractivity contribution is -0.124. The molecular formula is C32H32Br2N6O6S4. The zero-order valence-corrected chi connectivity index (χ0v) is 32.9. The van der Waals surface area contributed by atoms with E-state index in [1.54, 1.807) is 48.5 Å². The number of carbonyl (C=O) groups is 6. The van der Waals surface area contributed by atoms with E-state index in [1.807, 2.05) is 0 Å². The van der Waals surface area contributed by atoms with Crippen molar-refractivity contribution in [1.82, 2.24) is 31.5 Å². The van der Waals surface area contributed by atoms with Crippen molar-refractivity contribution in [2.45, 2.75) is 51.4 Å². The van der Waals surface area contributed by atoms with Gasteiger partial charge < -0.3 is 0 Å². The fourth-order valence-electron chi connectivity index (χ4n) is 4.72. The minimum Gasteiger partial charge on any atom is -0.293 e. The molecule has 2 saturated heterocycles. The summed E-state index contributed by atoms with van der Waals surface area (Å²) in [5.41, 5.74) is 10.4. The summed E-state index contributed by atoms with van der Waals surface area (Å²) < 4.78 is 1.94. The molecule has 264 valence electrons. The Balaban J connectivity index is 1.13. The van der Waals surface area contributed by atoms with E-state index in [-0.39, 0.29) is 46.3 Å². The first-order chi connectivity index (χ1) is 24.0. The molecule has 4 rings (SSSR count). The van der Waals surface area contributed by atoms with Crippen molar-refractivity contribution in [3.63, 3.8) is 0 Å². The molecule has 18 heteroatoms. The van der Waals surface area contributed by atoms with Crippen LogP contribution in [-0.4, -0.2) is 67.0 Å². The van der Waals surface area contributed by atoms with Gasteiger partial charge in [-0.05, 0) is 81.8 Å². The zero-order valence-electron chi connectivity index (χ0n) is 26.4. The van der Waals surface area contributed by atoms with Gasteiger partial charge >= 0.3 is 0 Å². The van der Waals surface area contributed by atoms with Gasteiger partial charge in [0, 0.05) is 34.9 Å². The van der Waals surface area contributed by atoms with E-state index in [1.165, 1.54) is 9.80 Å². The fraction of sp³-hybridized carbons (Fsp3) is 0.312. The van der Waals surface area contributed by atoms with E-state index >= 15 is 0 Å². The van der Waals surface area contributed by atoms with Gasteiger partial charge in [-0.3, -0.25) is 60.3 Å². The summed E-state index contributed by atoms with van der Waals surface area (Å²) in [6, 6.07) is 13.7. The summed E-state index contributed by atoms with van der Waals surface area (Å²) in [6.07, 6.45) is 3.92. The highest BCUT2D eigenvalue weighted by Gasteiger charge is 2.41. The monoisotopic (exact) mass is 882 g/mol. The van der Waals surface area contributed by atoms with E-state index in [9.17, 15) is 28.8 Å². The molecule has 0 bridgehead atoms. The molecule has 50 heavy (non-hydrogen) atoms. The summed E-state index contributed by atoms with van der Waals surface area (Å²) in [7, 11) is 0. The quantitative estimate of drug-likeness (QED) is 0.0829. The minimum absolute atomic E-state index is 0.190. The van der Waals surface area contributed by atoms with Gasteiger partial charge in [-0.1, -0.05) is 85.1 Å². The van der Waals surface area contributed by atoms with Crippen LogP contribution in [0.4, 0.5) is 0 Å². The van der Waals surface area contributed by atoms with Crippen LogP contribution in [0, 0.1) is 0 Å². The third kappa shape index (κ3) is 10.9. The predicted octanol–water partition coefficient (Wildman–Crippen LogP) is 5.49. The highest BCUT2D eigenvalue weighted by atomic mass is 79.9. The first-order valence-electron chi connectivity index (χ1n) is 15.5. The van der Waals surface area contributed by atoms with Crippen LogP contribution in [-0.2, 0) is 19.2 Å². The van der Waals surface area contributed by atoms with Crippen LogP contribution in [0.5, 0.6) is 0 Å². The van der Waals surface area contributed by atoms with E-state index in [0.29, 0.717) is 80.3 Å². The van der Waals surface area contributed by atoms with Crippen LogP contribution in [0.1, 0.15) is 72.1 Å². The molecule has 0 atom stereocenters. The lowest BCUT2D eigenvalue weighted by atomic mass is 10.2. The number of benzene rings is 2. The van der Waals surface area contributed by atoms with Crippen molar-refractivity contribution in [1.29, 1.82) is 0 Å². The van der Waals surface area contributed by atoms with Crippen molar-refractivity contribution in [3.05, 3.63) is 78.4 Å². The summed E-state index contributed by atoms with van der Waals surface area (Å²) >= 11 is 19.6. The summed E-state index contributed by atoms with van der Waals surface area (Å²) in [6.45, 7) is 0.686. The molecule has 0 aliphatic carbocycles. The van der Waals surface area contributed by atoms with E-state index in [4.69, 9.17) is 24.4 Å². The van der Waals surface area contributed by atoms with Gasteiger partial charge in [-0.15, -0.1) is 0 Å². The van der Waals surface area contributed by atoms with Gasteiger partial charge in [0.2, 0.25) is 11.8 Å². The lowest BCUT2D eigenvalue weighted by Gasteiger charge is -2.14. The molecule has 0 saturated carbocycles. The SMILES string of the molecule is O=C(CCCCCN1C(=O)C(=C2SC(=S)N(CCCCCC(=O)NNC(=O)c3ccccc3Br)C2=O)SC1=S)NNC(=O)c1ccccc1Br. The molecule has 2 aromatic rings. The molecule has 2 aliphatic rings. The molecule has 2 aliphatic heterocycles. The summed E-state index contributed by atoms with van der Waals surface area (Å²) in [5, 5.41) is 0. The van der Waals surface area contributed by atoms with Gasteiger partial charge in [-0.25, -0.2) is 0 Å². The second kappa shape index (κ2) is 19.4. The maximum atomic E-state index is 13.2. The zero-order chi connectivity index (χ0) is 36.2. The number of hydrogen-bond donors (Lipinski definition) is 4. The average molecular weight is 885 g/mol. The Morgan fingerprint density at radius 2 is 0.960 bits per heavy atom. The number of hydrazine groups is 2. The first kappa shape index (κ1) is 39.6. The van der Waals surface area contributed by atoms with E-state index < -0.39 is 11.8 Å². The maximum absolute atomic E-state index is 13.2. The fourth-order valence-corrected chi connectivity index (χ4v) is 8.42. The molecule has 0 aromatic heterocycles. The Bertz CT molecular complexity index is 1620. The number of thioether (sulfide) groups is 2. The van der Waals surface area contributed by atoms with Crippen molar-refractivity contribution in [3.8, 4) is 0 Å². The van der Waals surface area contributed by atoms with Crippen LogP contribution in [0.2, 0.25) is 0 Å². The molecule has 2 aromatic carbocycles. The van der Waals surface area contributed by atoms with Gasteiger partial charge in [0.05, 0.1) is 20.9 Å². The second-order valence-electron chi connectivity index (χ2n) is 10.9. The Morgan fingerprint density at radius 3 is 1.34 bits per heavy atom. The maximum Gasteiger partial charge on any atom is 0.270 e. The van der Waals surface area contributed by atoms with Gasteiger partial charge in [0.1, 0.15) is 8.64 Å². The number of halogens is 2. The highest BCUT2D eigenvalue weighted by Crippen LogP contribution is 2.42. The topological polar surface area (TPSA) is 157 Å². The van der Waals surface area contributed by atoms with Crippen LogP contribution < -0.4 is 21.7 Å². The van der Waals surface area contributed by atoms with Gasteiger partial charge in [0.15, 0.2) is 0 Å². The van der Waals surface area contributed by atoms with E-state index in [0.717, 1.165) is 23.5 Å². The van der Waals surface area contributed by atoms with E-state index in [2.05, 4.69) is 53.6 Å². The number of nitrogens with one attached hydrogen (secondary N) is 4. The molecule has 0 unspecified atom stereocenters. The Labute approximate surface area is 324 Å². The smallest absolute Gasteiger partial charge is 0.270 e. The molecule has 2 fully saturated rings. The van der Waals surface area contributed by atoms with Crippen LogP contribution >= 0.6 is 79.8 Å². The second-order valence-corrected chi connectivity index (χ2v) is 15.9. The number of hydrogen-bond acceptors (Lipinski definition) is 10. The summed E-state index contributed by atoms with van der Waals surface area (Å²) in [5.74, 6) is -2.22. The normalized spacial score (nSPS) is 15.8. The number of nitrogens with zero attached hydrogens (tertiary/aromatic N) is 2. The predicted molar refractivity (Wildman–Crippen MR) is 207 cm³/mol. The van der Waals surface area contributed by atoms with Gasteiger partial charge in [0.25, 0.3) is 23.6 Å². The van der Waals surface area contributed by atoms with Crippen LogP contribution in [0.3, 0.4) is 0 Å². The third-order valence-electron chi connectivity index (χ3n) is 7.34. The standard InChI is InChI=1S/C32H32Br2N6O6S4/c33-21-13-7-5-11-19(21)27(43)37-35-23(41)15-3-1-9-17-39-29(45)25(49-31(39)47)26-30(46)40(32(48)50-26)18-10-2-4-16-24(42)36-38-28(44)20-12-6-8-14-22(20)34/h5-8,11-14H,1-4,9-10,15-18H2,(H,35,41)(H,36,42)(H,37,43)(H,38,44). The number of thiocarbonyl (C=S) groups is 2. The van der Waals surface area contributed by atoms with Crippen molar-refractivity contribution in [2.75, 3.05) is 13.1 Å². The van der Waals surface area contributed by atoms with Gasteiger partial charge in [-0.2, -0.15) is 0 Å². The molecular weight excluding hydrogens is 852 g/mol. The number of unbranched alkanes of at least 4 members (excludes halogenated alkanes) is 4. The van der Waals surface area contributed by atoms with Crippen molar-refractivity contribution in [2.24, 2.45) is 0 Å². The Hall–Kier alpha value is -3.16. The molecule has 0 spiro atoms. The molecule has 0 radical (unpaired) electrons. The minimum atomic E-state index is -0.434.